The van der Waals surface area contributed by atoms with Gasteiger partial charge in [0.25, 0.3) is 0 Å². The number of nitrogens with zero attached hydrogens (tertiary/aromatic N) is 5. The third-order valence-corrected chi connectivity index (χ3v) is 3.92. The van der Waals surface area contributed by atoms with Crippen molar-refractivity contribution in [2.24, 2.45) is 0 Å². The van der Waals surface area contributed by atoms with E-state index in [-0.39, 0.29) is 29.9 Å². The van der Waals surface area contributed by atoms with Crippen LogP contribution >= 0.6 is 0 Å². The summed E-state index contributed by atoms with van der Waals surface area (Å²) in [5, 5.41) is 18.0. The first kappa shape index (κ1) is 17.0. The highest BCUT2D eigenvalue weighted by Gasteiger charge is 2.22. The predicted molar refractivity (Wildman–Crippen MR) is 85.8 cm³/mol. The summed E-state index contributed by atoms with van der Waals surface area (Å²) in [6.45, 7) is 1.84. The van der Waals surface area contributed by atoms with Crippen LogP contribution in [0.1, 0.15) is 29.9 Å². The Kier molecular flexibility index (Phi) is 5.18. The molecule has 7 nitrogen and oxygen atoms in total. The van der Waals surface area contributed by atoms with Crippen LogP contribution in [0, 0.1) is 22.7 Å². The number of benzene rings is 1. The van der Waals surface area contributed by atoms with Gasteiger partial charge in [0.05, 0.1) is 19.5 Å². The highest BCUT2D eigenvalue weighted by atomic mass is 16.5. The van der Waals surface area contributed by atoms with Gasteiger partial charge in [0, 0.05) is 12.6 Å². The second kappa shape index (κ2) is 7.30. The van der Waals surface area contributed by atoms with Crippen LogP contribution in [0.4, 0.5) is 0 Å². The number of imidazole rings is 1. The van der Waals surface area contributed by atoms with E-state index in [2.05, 4.69) is 4.98 Å². The van der Waals surface area contributed by atoms with Crippen LogP contribution in [0.15, 0.2) is 30.6 Å². The quantitative estimate of drug-likeness (QED) is 0.837. The second-order valence-corrected chi connectivity index (χ2v) is 5.22. The monoisotopic (exact) mass is 323 g/mol. The first-order valence-electron chi connectivity index (χ1n) is 7.27. The number of carbonyl (C=O) groups is 1. The molecule has 0 N–H and O–H groups in total. The van der Waals surface area contributed by atoms with Crippen molar-refractivity contribution in [2.45, 2.75) is 19.5 Å². The molecule has 1 aromatic heterocycles. The van der Waals surface area contributed by atoms with E-state index in [0.717, 1.165) is 5.56 Å². The van der Waals surface area contributed by atoms with Gasteiger partial charge in [-0.1, -0.05) is 18.2 Å². The Bertz CT molecular complexity index is 828. The third kappa shape index (κ3) is 3.21. The van der Waals surface area contributed by atoms with Crippen molar-refractivity contribution >= 4 is 5.91 Å². The van der Waals surface area contributed by atoms with Crippen molar-refractivity contribution in [2.75, 3.05) is 14.2 Å². The number of aromatic nitrogens is 2. The maximum absolute atomic E-state index is 12.5. The lowest BCUT2D eigenvalue weighted by atomic mass is 10.1. The van der Waals surface area contributed by atoms with Gasteiger partial charge in [0.1, 0.15) is 24.4 Å². The van der Waals surface area contributed by atoms with Crippen molar-refractivity contribution < 1.29 is 9.53 Å². The van der Waals surface area contributed by atoms with Gasteiger partial charge in [0.15, 0.2) is 11.4 Å². The summed E-state index contributed by atoms with van der Waals surface area (Å²) in [6.07, 6.45) is 1.33. The van der Waals surface area contributed by atoms with Crippen LogP contribution in [-0.4, -0.2) is 34.5 Å². The number of hydrogen-bond donors (Lipinski definition) is 0. The van der Waals surface area contributed by atoms with Gasteiger partial charge in [-0.2, -0.15) is 10.5 Å². The fourth-order valence-electron chi connectivity index (χ4n) is 2.39. The minimum Gasteiger partial charge on any atom is -0.496 e. The van der Waals surface area contributed by atoms with Gasteiger partial charge in [-0.15, -0.1) is 0 Å². The number of amides is 1. The molecule has 0 fully saturated rings. The number of rotatable bonds is 5. The smallest absolute Gasteiger partial charge is 0.242 e. The molecular formula is C17H17N5O2. The zero-order chi connectivity index (χ0) is 17.7. The number of ether oxygens (including phenoxy) is 1. The van der Waals surface area contributed by atoms with E-state index in [4.69, 9.17) is 15.3 Å². The van der Waals surface area contributed by atoms with Crippen molar-refractivity contribution in [3.05, 3.63) is 47.5 Å². The van der Waals surface area contributed by atoms with E-state index >= 15 is 0 Å². The van der Waals surface area contributed by atoms with Crippen molar-refractivity contribution in [1.82, 2.24) is 14.5 Å². The number of hydrogen-bond acceptors (Lipinski definition) is 5. The number of methoxy groups -OCH3 is 1. The average Bonchev–Trinajstić information content (AvgIpc) is 3.01. The van der Waals surface area contributed by atoms with Crippen molar-refractivity contribution in [3.8, 4) is 17.9 Å². The van der Waals surface area contributed by atoms with Crippen molar-refractivity contribution in [1.29, 1.82) is 10.5 Å². The van der Waals surface area contributed by atoms with Crippen molar-refractivity contribution in [3.63, 3.8) is 0 Å². The number of likely N-dealkylation sites (N-methyl/N-ethyl adjacent to an activating group) is 1. The number of nitriles is 2. The van der Waals surface area contributed by atoms with Crippen LogP contribution in [0.5, 0.6) is 5.75 Å². The van der Waals surface area contributed by atoms with Crippen LogP contribution in [0.2, 0.25) is 0 Å². The predicted octanol–water partition coefficient (Wildman–Crippen LogP) is 1.85. The van der Waals surface area contributed by atoms with Gasteiger partial charge in [-0.3, -0.25) is 4.79 Å². The molecule has 0 spiro atoms. The van der Waals surface area contributed by atoms with E-state index < -0.39 is 0 Å². The summed E-state index contributed by atoms with van der Waals surface area (Å²) in [4.78, 5) is 17.9. The Balaban J connectivity index is 2.20. The molecule has 2 rings (SSSR count). The minimum atomic E-state index is -0.210. The topological polar surface area (TPSA) is 94.9 Å². The third-order valence-electron chi connectivity index (χ3n) is 3.92. The second-order valence-electron chi connectivity index (χ2n) is 5.22. The molecular weight excluding hydrogens is 306 g/mol. The number of carbonyl (C=O) groups excluding carboxylic acids is 1. The van der Waals surface area contributed by atoms with E-state index in [0.29, 0.717) is 5.75 Å². The standard InChI is InChI=1S/C17H17N5O2/c1-12(13-6-4-5-7-16(13)24-3)21(2)17(23)10-22-11-20-14(8-18)15(22)9-19/h4-7,11-12H,10H2,1-3H3/t12-/m0/s1. The molecule has 1 atom stereocenters. The van der Waals surface area contributed by atoms with Crippen LogP contribution in [0.3, 0.4) is 0 Å². The summed E-state index contributed by atoms with van der Waals surface area (Å²) in [5.74, 6) is 0.503. The normalized spacial score (nSPS) is 11.2. The molecule has 1 amide bonds. The minimum absolute atomic E-state index is 0.0192. The average molecular weight is 323 g/mol. The highest BCUT2D eigenvalue weighted by Crippen LogP contribution is 2.28. The van der Waals surface area contributed by atoms with E-state index in [1.165, 1.54) is 10.9 Å². The lowest BCUT2D eigenvalue weighted by Crippen LogP contribution is -2.33. The van der Waals surface area contributed by atoms with Crippen LogP contribution in [-0.2, 0) is 11.3 Å². The summed E-state index contributed by atoms with van der Waals surface area (Å²) in [5.41, 5.74) is 0.995. The molecule has 0 saturated heterocycles. The van der Waals surface area contributed by atoms with E-state index in [9.17, 15) is 4.79 Å². The Hall–Kier alpha value is -3.32. The van der Waals surface area contributed by atoms with Gasteiger partial charge in [0.2, 0.25) is 5.91 Å². The van der Waals surface area contributed by atoms with Crippen LogP contribution < -0.4 is 4.74 Å². The molecule has 0 aliphatic heterocycles. The molecule has 1 aromatic carbocycles. The first-order valence-corrected chi connectivity index (χ1v) is 7.27. The van der Waals surface area contributed by atoms with Gasteiger partial charge >= 0.3 is 0 Å². The summed E-state index contributed by atoms with van der Waals surface area (Å²) >= 11 is 0. The fraction of sp³-hybridized carbons (Fsp3) is 0.294. The molecule has 122 valence electrons. The zero-order valence-electron chi connectivity index (χ0n) is 13.7. The zero-order valence-corrected chi connectivity index (χ0v) is 13.7. The Morgan fingerprint density at radius 2 is 2.08 bits per heavy atom. The van der Waals surface area contributed by atoms with Gasteiger partial charge in [-0.05, 0) is 13.0 Å². The van der Waals surface area contributed by atoms with E-state index in [1.54, 1.807) is 19.1 Å². The fourth-order valence-corrected chi connectivity index (χ4v) is 2.39. The molecule has 0 bridgehead atoms. The maximum atomic E-state index is 12.5. The van der Waals surface area contributed by atoms with Gasteiger partial charge < -0.3 is 14.2 Å². The molecule has 0 aliphatic rings. The Morgan fingerprint density at radius 3 is 2.71 bits per heavy atom. The molecule has 0 unspecified atom stereocenters. The first-order chi connectivity index (χ1) is 11.5. The largest absolute Gasteiger partial charge is 0.496 e. The number of para-hydroxylation sites is 1. The summed E-state index contributed by atoms with van der Waals surface area (Å²) in [6, 6.07) is 11.0. The molecule has 0 radical (unpaired) electrons. The van der Waals surface area contributed by atoms with Gasteiger partial charge in [-0.25, -0.2) is 4.98 Å². The highest BCUT2D eigenvalue weighted by molar-refractivity contribution is 5.76. The molecule has 2 aromatic rings. The van der Waals surface area contributed by atoms with Crippen LogP contribution in [0.25, 0.3) is 0 Å². The SMILES string of the molecule is COc1ccccc1[C@H](C)N(C)C(=O)Cn1cnc(C#N)c1C#N. The maximum Gasteiger partial charge on any atom is 0.242 e. The van der Waals surface area contributed by atoms with E-state index in [1.807, 2.05) is 43.3 Å². The molecule has 1 heterocycles. The lowest BCUT2D eigenvalue weighted by molar-refractivity contribution is -0.132. The molecule has 24 heavy (non-hydrogen) atoms. The Labute approximate surface area is 140 Å². The molecule has 0 saturated carbocycles. The molecule has 7 heteroatoms. The molecule has 0 aliphatic carbocycles. The summed E-state index contributed by atoms with van der Waals surface area (Å²) in [7, 11) is 3.27. The Morgan fingerprint density at radius 1 is 1.38 bits per heavy atom. The lowest BCUT2D eigenvalue weighted by Gasteiger charge is -2.26. The summed E-state index contributed by atoms with van der Waals surface area (Å²) < 4.78 is 6.72.